The maximum atomic E-state index is 11.1. The normalized spacial score (nSPS) is 10.8. The van der Waals surface area contributed by atoms with Gasteiger partial charge < -0.3 is 5.73 Å². The molecule has 4 nitrogen and oxygen atoms in total. The van der Waals surface area contributed by atoms with Crippen molar-refractivity contribution in [3.8, 4) is 11.4 Å². The lowest BCUT2D eigenvalue weighted by Gasteiger charge is -2.08. The first-order valence-corrected chi connectivity index (χ1v) is 7.21. The Balaban J connectivity index is 2.12. The minimum absolute atomic E-state index is 0.208. The second kappa shape index (κ2) is 5.73. The van der Waals surface area contributed by atoms with Crippen molar-refractivity contribution in [2.75, 3.05) is 0 Å². The number of aryl methyl sites for hydroxylation is 1. The molecule has 2 heterocycles. The molecule has 2 aromatic heterocycles. The molecule has 5 heteroatoms. The topological polar surface area (TPSA) is 68.9 Å². The van der Waals surface area contributed by atoms with Crippen LogP contribution in [0.3, 0.4) is 0 Å². The van der Waals surface area contributed by atoms with Crippen molar-refractivity contribution >= 4 is 28.4 Å². The molecule has 3 rings (SSSR count). The fourth-order valence-electron chi connectivity index (χ4n) is 2.42. The van der Waals surface area contributed by atoms with Crippen LogP contribution in [0.4, 0.5) is 0 Å². The minimum Gasteiger partial charge on any atom is -0.369 e. The van der Waals surface area contributed by atoms with E-state index in [9.17, 15) is 4.79 Å². The summed E-state index contributed by atoms with van der Waals surface area (Å²) in [5.41, 5.74) is 9.57. The predicted molar refractivity (Wildman–Crippen MR) is 87.6 cm³/mol. The van der Waals surface area contributed by atoms with Gasteiger partial charge in [-0.3, -0.25) is 9.78 Å². The van der Waals surface area contributed by atoms with Gasteiger partial charge in [0, 0.05) is 11.6 Å². The number of carbonyl (C=O) groups excluding carboxylic acids is 1. The van der Waals surface area contributed by atoms with Crippen LogP contribution in [0.2, 0.25) is 5.02 Å². The van der Waals surface area contributed by atoms with Crippen molar-refractivity contribution in [3.05, 3.63) is 58.7 Å². The van der Waals surface area contributed by atoms with Gasteiger partial charge in [-0.2, -0.15) is 0 Å². The van der Waals surface area contributed by atoms with Crippen LogP contribution < -0.4 is 5.73 Å². The second-order valence-electron chi connectivity index (χ2n) is 5.18. The van der Waals surface area contributed by atoms with E-state index in [0.29, 0.717) is 5.02 Å². The lowest BCUT2D eigenvalue weighted by molar-refractivity contribution is -0.117. The van der Waals surface area contributed by atoms with E-state index in [4.69, 9.17) is 17.3 Å². The summed E-state index contributed by atoms with van der Waals surface area (Å²) in [6, 6.07) is 11.4. The highest BCUT2D eigenvalue weighted by atomic mass is 35.5. The molecule has 2 N–H and O–H groups in total. The first-order chi connectivity index (χ1) is 10.5. The zero-order valence-electron chi connectivity index (χ0n) is 12.0. The third-order valence-electron chi connectivity index (χ3n) is 3.45. The zero-order chi connectivity index (χ0) is 15.7. The fourth-order valence-corrected chi connectivity index (χ4v) is 2.53. The molecule has 0 atom stereocenters. The monoisotopic (exact) mass is 311 g/mol. The Morgan fingerprint density at radius 1 is 1.18 bits per heavy atom. The summed E-state index contributed by atoms with van der Waals surface area (Å²) in [7, 11) is 0. The molecule has 0 spiro atoms. The molecule has 3 aromatic rings. The van der Waals surface area contributed by atoms with E-state index in [0.717, 1.165) is 33.4 Å². The highest BCUT2D eigenvalue weighted by Crippen LogP contribution is 2.24. The van der Waals surface area contributed by atoms with Crippen LogP contribution in [0.15, 0.2) is 42.6 Å². The van der Waals surface area contributed by atoms with Gasteiger partial charge in [0.25, 0.3) is 0 Å². The number of carbonyl (C=O) groups is 1. The number of pyridine rings is 2. The Kier molecular flexibility index (Phi) is 3.77. The van der Waals surface area contributed by atoms with Crippen molar-refractivity contribution in [1.82, 2.24) is 9.97 Å². The number of hydrogen-bond acceptors (Lipinski definition) is 3. The third-order valence-corrected chi connectivity index (χ3v) is 3.67. The Morgan fingerprint density at radius 2 is 2.00 bits per heavy atom. The van der Waals surface area contributed by atoms with E-state index in [1.165, 1.54) is 0 Å². The molecule has 0 fully saturated rings. The zero-order valence-corrected chi connectivity index (χ0v) is 12.8. The molecule has 110 valence electrons. The molecular weight excluding hydrogens is 298 g/mol. The summed E-state index contributed by atoms with van der Waals surface area (Å²) >= 11 is 5.87. The number of primary amides is 1. The Morgan fingerprint density at radius 3 is 2.68 bits per heavy atom. The fraction of sp³-hybridized carbons (Fsp3) is 0.118. The number of aromatic nitrogens is 2. The Bertz CT molecular complexity index is 860. The third kappa shape index (κ3) is 2.92. The number of fused-ring (bicyclic) bond motifs is 1. The number of nitrogens with zero attached hydrogens (tertiary/aromatic N) is 2. The quantitative estimate of drug-likeness (QED) is 0.807. The lowest BCUT2D eigenvalue weighted by Crippen LogP contribution is -2.13. The van der Waals surface area contributed by atoms with Crippen LogP contribution in [-0.2, 0) is 11.2 Å². The van der Waals surface area contributed by atoms with E-state index in [1.807, 2.05) is 37.3 Å². The maximum absolute atomic E-state index is 11.1. The summed E-state index contributed by atoms with van der Waals surface area (Å²) in [5.74, 6) is -0.355. The highest BCUT2D eigenvalue weighted by molar-refractivity contribution is 6.30. The number of hydrogen-bond donors (Lipinski definition) is 1. The molecule has 0 aliphatic rings. The summed E-state index contributed by atoms with van der Waals surface area (Å²) in [5, 5.41) is 1.64. The predicted octanol–water partition coefficient (Wildman–Crippen LogP) is 3.29. The molecule has 1 amide bonds. The summed E-state index contributed by atoms with van der Waals surface area (Å²) in [4.78, 5) is 20.0. The number of benzene rings is 1. The number of nitrogens with two attached hydrogens (primary N) is 1. The summed E-state index contributed by atoms with van der Waals surface area (Å²) in [6.07, 6.45) is 1.81. The van der Waals surface area contributed by atoms with Gasteiger partial charge in [-0.15, -0.1) is 0 Å². The van der Waals surface area contributed by atoms with E-state index in [1.54, 1.807) is 12.3 Å². The molecule has 0 bridgehead atoms. The van der Waals surface area contributed by atoms with Crippen LogP contribution in [0.25, 0.3) is 22.3 Å². The van der Waals surface area contributed by atoms with Gasteiger partial charge in [-0.25, -0.2) is 4.98 Å². The molecular formula is C17H14ClN3O. The largest absolute Gasteiger partial charge is 0.369 e. The summed E-state index contributed by atoms with van der Waals surface area (Å²) in [6.45, 7) is 2.02. The van der Waals surface area contributed by atoms with E-state index in [-0.39, 0.29) is 12.3 Å². The van der Waals surface area contributed by atoms with Gasteiger partial charge in [0.05, 0.1) is 28.3 Å². The van der Waals surface area contributed by atoms with Crippen LogP contribution in [0.5, 0.6) is 0 Å². The minimum atomic E-state index is -0.355. The van der Waals surface area contributed by atoms with Crippen molar-refractivity contribution in [1.29, 1.82) is 0 Å². The summed E-state index contributed by atoms with van der Waals surface area (Å²) < 4.78 is 0. The first-order valence-electron chi connectivity index (χ1n) is 6.83. The number of amides is 1. The van der Waals surface area contributed by atoms with Gasteiger partial charge in [-0.1, -0.05) is 23.7 Å². The average Bonchev–Trinajstić information content (AvgIpc) is 2.47. The molecule has 0 saturated heterocycles. The SMILES string of the molecule is Cc1cc(-c2ccc(Cl)cn2)nc2cc(CC(N)=O)ccc12. The lowest BCUT2D eigenvalue weighted by atomic mass is 10.0. The van der Waals surface area contributed by atoms with Crippen LogP contribution >= 0.6 is 11.6 Å². The van der Waals surface area contributed by atoms with E-state index < -0.39 is 0 Å². The molecule has 1 aromatic carbocycles. The Hall–Kier alpha value is -2.46. The van der Waals surface area contributed by atoms with Crippen molar-refractivity contribution in [2.45, 2.75) is 13.3 Å². The Labute approximate surface area is 133 Å². The van der Waals surface area contributed by atoms with Gasteiger partial charge in [0.1, 0.15) is 0 Å². The van der Waals surface area contributed by atoms with Crippen molar-refractivity contribution < 1.29 is 4.79 Å². The average molecular weight is 312 g/mol. The number of rotatable bonds is 3. The van der Waals surface area contributed by atoms with Crippen LogP contribution in [0.1, 0.15) is 11.1 Å². The maximum Gasteiger partial charge on any atom is 0.221 e. The molecule has 22 heavy (non-hydrogen) atoms. The van der Waals surface area contributed by atoms with E-state index in [2.05, 4.69) is 9.97 Å². The van der Waals surface area contributed by atoms with Crippen molar-refractivity contribution in [3.63, 3.8) is 0 Å². The first kappa shape index (κ1) is 14.5. The number of halogens is 1. The molecule has 0 aliphatic heterocycles. The molecule has 0 saturated carbocycles. The molecule has 0 unspecified atom stereocenters. The van der Waals surface area contributed by atoms with Crippen LogP contribution in [-0.4, -0.2) is 15.9 Å². The molecule has 0 aliphatic carbocycles. The van der Waals surface area contributed by atoms with E-state index >= 15 is 0 Å². The van der Waals surface area contributed by atoms with Gasteiger partial charge >= 0.3 is 0 Å². The standard InChI is InChI=1S/C17H14ClN3O/c1-10-6-16(14-5-3-12(18)9-20-14)21-15-7-11(8-17(19)22)2-4-13(10)15/h2-7,9H,8H2,1H3,(H2,19,22). The highest BCUT2D eigenvalue weighted by Gasteiger charge is 2.08. The molecule has 0 radical (unpaired) electrons. The van der Waals surface area contributed by atoms with Crippen LogP contribution in [0, 0.1) is 6.92 Å². The van der Waals surface area contributed by atoms with Crippen molar-refractivity contribution in [2.24, 2.45) is 5.73 Å². The second-order valence-corrected chi connectivity index (χ2v) is 5.62. The van der Waals surface area contributed by atoms with Gasteiger partial charge in [0.15, 0.2) is 0 Å². The van der Waals surface area contributed by atoms with Gasteiger partial charge in [-0.05, 0) is 42.3 Å². The smallest absolute Gasteiger partial charge is 0.221 e. The van der Waals surface area contributed by atoms with Gasteiger partial charge in [0.2, 0.25) is 5.91 Å².